The average Bonchev–Trinajstić information content (AvgIpc) is 2.72. The molecule has 31 heavy (non-hydrogen) atoms. The van der Waals surface area contributed by atoms with Crippen LogP contribution in [0.4, 0.5) is 4.79 Å². The first-order chi connectivity index (χ1) is 14.7. The van der Waals surface area contributed by atoms with Crippen molar-refractivity contribution in [1.82, 2.24) is 14.7 Å². The zero-order valence-corrected chi connectivity index (χ0v) is 19.4. The Labute approximate surface area is 186 Å². The van der Waals surface area contributed by atoms with E-state index in [1.54, 1.807) is 11.0 Å². The van der Waals surface area contributed by atoms with E-state index in [0.717, 1.165) is 50.9 Å². The van der Waals surface area contributed by atoms with Crippen LogP contribution in [0.5, 0.6) is 0 Å². The minimum absolute atomic E-state index is 0.226. The van der Waals surface area contributed by atoms with Gasteiger partial charge in [-0.15, -0.1) is 0 Å². The van der Waals surface area contributed by atoms with Crippen LogP contribution < -0.4 is 0 Å². The fraction of sp³-hybridized carbons (Fsp3) is 0.625. The maximum absolute atomic E-state index is 12.5. The van der Waals surface area contributed by atoms with E-state index in [1.165, 1.54) is 4.90 Å². The highest BCUT2D eigenvalue weighted by Gasteiger charge is 2.25. The molecule has 0 aromatic heterocycles. The molecule has 0 spiro atoms. The van der Waals surface area contributed by atoms with E-state index in [4.69, 9.17) is 4.74 Å². The molecule has 0 bridgehead atoms. The topological polar surface area (TPSA) is 70.2 Å². The summed E-state index contributed by atoms with van der Waals surface area (Å²) in [5.74, 6) is -0.226. The van der Waals surface area contributed by atoms with Gasteiger partial charge >= 0.3 is 6.09 Å². The summed E-state index contributed by atoms with van der Waals surface area (Å²) in [6, 6.07) is 7.34. The SMILES string of the molecule is Cc1ccccc1C(=O)N(C=O)CCCCCCN1CCN(C(=O)OC(C)(C)C)CC1. The predicted molar refractivity (Wildman–Crippen MR) is 121 cm³/mol. The van der Waals surface area contributed by atoms with Crippen molar-refractivity contribution in [2.24, 2.45) is 0 Å². The number of ether oxygens (including phenoxy) is 1. The van der Waals surface area contributed by atoms with E-state index < -0.39 is 5.60 Å². The molecule has 0 atom stereocenters. The Morgan fingerprint density at radius 2 is 1.68 bits per heavy atom. The third-order valence-corrected chi connectivity index (χ3v) is 5.41. The van der Waals surface area contributed by atoms with Gasteiger partial charge in [-0.2, -0.15) is 0 Å². The second kappa shape index (κ2) is 11.8. The lowest BCUT2D eigenvalue weighted by Gasteiger charge is -2.35. The van der Waals surface area contributed by atoms with E-state index in [1.807, 2.05) is 45.9 Å². The van der Waals surface area contributed by atoms with Crippen molar-refractivity contribution >= 4 is 18.4 Å². The summed E-state index contributed by atoms with van der Waals surface area (Å²) >= 11 is 0. The number of hydrogen-bond donors (Lipinski definition) is 0. The lowest BCUT2D eigenvalue weighted by atomic mass is 10.1. The van der Waals surface area contributed by atoms with Gasteiger partial charge in [0.15, 0.2) is 0 Å². The Balaban J connectivity index is 1.60. The number of piperazine rings is 1. The van der Waals surface area contributed by atoms with Crippen molar-refractivity contribution < 1.29 is 19.1 Å². The fourth-order valence-corrected chi connectivity index (χ4v) is 3.62. The molecule has 3 amide bonds. The molecule has 0 saturated carbocycles. The molecule has 0 aliphatic carbocycles. The van der Waals surface area contributed by atoms with Crippen molar-refractivity contribution in [3.05, 3.63) is 35.4 Å². The quantitative estimate of drug-likeness (QED) is 0.440. The Morgan fingerprint density at radius 3 is 2.29 bits per heavy atom. The van der Waals surface area contributed by atoms with Gasteiger partial charge in [0.1, 0.15) is 5.60 Å². The number of hydrogen-bond acceptors (Lipinski definition) is 5. The van der Waals surface area contributed by atoms with Crippen molar-refractivity contribution in [3.8, 4) is 0 Å². The van der Waals surface area contributed by atoms with Crippen LogP contribution in [0.1, 0.15) is 62.4 Å². The summed E-state index contributed by atoms with van der Waals surface area (Å²) in [5.41, 5.74) is 1.00. The molecule has 2 rings (SSSR count). The molecule has 0 unspecified atom stereocenters. The first-order valence-corrected chi connectivity index (χ1v) is 11.2. The third-order valence-electron chi connectivity index (χ3n) is 5.41. The minimum Gasteiger partial charge on any atom is -0.444 e. The maximum atomic E-state index is 12.5. The number of amides is 3. The predicted octanol–water partition coefficient (Wildman–Crippen LogP) is 3.71. The Bertz CT molecular complexity index is 737. The summed E-state index contributed by atoms with van der Waals surface area (Å²) in [6.07, 6.45) is 4.31. The minimum atomic E-state index is -0.460. The van der Waals surface area contributed by atoms with Gasteiger partial charge in [-0.25, -0.2) is 4.79 Å². The van der Waals surface area contributed by atoms with Gasteiger partial charge in [0.25, 0.3) is 5.91 Å². The molecule has 1 saturated heterocycles. The maximum Gasteiger partial charge on any atom is 0.410 e. The number of rotatable bonds is 9. The smallest absolute Gasteiger partial charge is 0.410 e. The molecule has 172 valence electrons. The normalized spacial score (nSPS) is 14.9. The molecule has 0 radical (unpaired) electrons. The molecule has 1 aromatic carbocycles. The second-order valence-electron chi connectivity index (χ2n) is 9.14. The molecule has 1 aliphatic heterocycles. The Hall–Kier alpha value is -2.41. The molecule has 1 aliphatic rings. The first-order valence-electron chi connectivity index (χ1n) is 11.2. The van der Waals surface area contributed by atoms with Gasteiger partial charge in [-0.3, -0.25) is 19.4 Å². The van der Waals surface area contributed by atoms with Gasteiger partial charge < -0.3 is 9.64 Å². The van der Waals surface area contributed by atoms with Crippen LogP contribution in [0.2, 0.25) is 0 Å². The van der Waals surface area contributed by atoms with Crippen LogP contribution in [0.3, 0.4) is 0 Å². The van der Waals surface area contributed by atoms with Crippen LogP contribution in [0, 0.1) is 6.92 Å². The van der Waals surface area contributed by atoms with Crippen LogP contribution in [0.25, 0.3) is 0 Å². The molecule has 1 heterocycles. The molecular weight excluding hydrogens is 394 g/mol. The second-order valence-corrected chi connectivity index (χ2v) is 9.14. The van der Waals surface area contributed by atoms with E-state index >= 15 is 0 Å². The van der Waals surface area contributed by atoms with Crippen molar-refractivity contribution in [1.29, 1.82) is 0 Å². The van der Waals surface area contributed by atoms with Crippen molar-refractivity contribution in [2.45, 2.75) is 59.0 Å². The molecule has 7 nitrogen and oxygen atoms in total. The van der Waals surface area contributed by atoms with Crippen molar-refractivity contribution in [3.63, 3.8) is 0 Å². The number of benzene rings is 1. The zero-order valence-electron chi connectivity index (χ0n) is 19.4. The monoisotopic (exact) mass is 431 g/mol. The highest BCUT2D eigenvalue weighted by molar-refractivity contribution is 6.00. The molecular formula is C24H37N3O4. The standard InChI is InChI=1S/C24H37N3O4/c1-20-11-7-8-12-21(20)22(29)27(19-28)14-10-6-5-9-13-25-15-17-26(18-16-25)23(30)31-24(2,3)4/h7-8,11-12,19H,5-6,9-10,13-18H2,1-4H3. The highest BCUT2D eigenvalue weighted by Crippen LogP contribution is 2.13. The lowest BCUT2D eigenvalue weighted by Crippen LogP contribution is -2.50. The highest BCUT2D eigenvalue weighted by atomic mass is 16.6. The lowest BCUT2D eigenvalue weighted by molar-refractivity contribution is -0.116. The summed E-state index contributed by atoms with van der Waals surface area (Å²) in [4.78, 5) is 41.4. The molecule has 1 aromatic rings. The summed E-state index contributed by atoms with van der Waals surface area (Å²) in [7, 11) is 0. The largest absolute Gasteiger partial charge is 0.444 e. The molecule has 7 heteroatoms. The summed E-state index contributed by atoms with van der Waals surface area (Å²) < 4.78 is 5.43. The van der Waals surface area contributed by atoms with E-state index in [0.29, 0.717) is 31.6 Å². The van der Waals surface area contributed by atoms with Gasteiger partial charge in [0.05, 0.1) is 0 Å². The van der Waals surface area contributed by atoms with E-state index in [-0.39, 0.29) is 12.0 Å². The fourth-order valence-electron chi connectivity index (χ4n) is 3.62. The van der Waals surface area contributed by atoms with Gasteiger partial charge in [0, 0.05) is 38.3 Å². The Kier molecular flexibility index (Phi) is 9.49. The van der Waals surface area contributed by atoms with Gasteiger partial charge in [-0.1, -0.05) is 31.0 Å². The van der Waals surface area contributed by atoms with Crippen LogP contribution in [-0.4, -0.2) is 78.0 Å². The van der Waals surface area contributed by atoms with Crippen LogP contribution in [0.15, 0.2) is 24.3 Å². The van der Waals surface area contributed by atoms with E-state index in [9.17, 15) is 14.4 Å². The number of nitrogens with zero attached hydrogens (tertiary/aromatic N) is 3. The van der Waals surface area contributed by atoms with Crippen molar-refractivity contribution in [2.75, 3.05) is 39.3 Å². The van der Waals surface area contributed by atoms with Gasteiger partial charge in [-0.05, 0) is 58.7 Å². The van der Waals surface area contributed by atoms with Crippen LogP contribution >= 0.6 is 0 Å². The number of carbonyl (C=O) groups is 3. The number of unbranched alkanes of at least 4 members (excludes halogenated alkanes) is 3. The molecule has 0 N–H and O–H groups in total. The summed E-state index contributed by atoms with van der Waals surface area (Å²) in [5, 5.41) is 0. The third kappa shape index (κ3) is 8.32. The number of carbonyl (C=O) groups excluding carboxylic acids is 3. The Morgan fingerprint density at radius 1 is 1.03 bits per heavy atom. The summed E-state index contributed by atoms with van der Waals surface area (Å²) in [6.45, 7) is 12.1. The van der Waals surface area contributed by atoms with Crippen LogP contribution in [-0.2, 0) is 9.53 Å². The zero-order chi connectivity index (χ0) is 22.9. The number of aryl methyl sites for hydroxylation is 1. The first kappa shape index (κ1) is 24.9. The number of imide groups is 1. The van der Waals surface area contributed by atoms with Gasteiger partial charge in [0.2, 0.25) is 6.41 Å². The average molecular weight is 432 g/mol. The molecule has 1 fully saturated rings. The van der Waals surface area contributed by atoms with E-state index in [2.05, 4.69) is 4.90 Å².